The zero-order valence-corrected chi connectivity index (χ0v) is 16.8. The van der Waals surface area contributed by atoms with Crippen molar-refractivity contribution in [3.8, 4) is 5.75 Å². The number of hydrogen-bond donors (Lipinski definition) is 2. The molecule has 2 aromatic rings. The van der Waals surface area contributed by atoms with Gasteiger partial charge in [0.25, 0.3) is 0 Å². The Bertz CT molecular complexity index is 632. The molecule has 2 aromatic carbocycles. The second kappa shape index (κ2) is 10.9. The monoisotopic (exact) mass is 439 g/mol. The van der Waals surface area contributed by atoms with Gasteiger partial charge in [-0.2, -0.15) is 0 Å². The smallest absolute Gasteiger partial charge is 0.191 e. The number of guanidine groups is 1. The number of benzene rings is 2. The van der Waals surface area contributed by atoms with Gasteiger partial charge in [0.15, 0.2) is 5.96 Å². The van der Waals surface area contributed by atoms with Crippen LogP contribution in [-0.2, 0) is 6.42 Å². The molecule has 1 unspecified atom stereocenters. The second-order valence-electron chi connectivity index (χ2n) is 5.34. The first-order chi connectivity index (χ1) is 11.2. The van der Waals surface area contributed by atoms with E-state index in [0.717, 1.165) is 24.7 Å². The van der Waals surface area contributed by atoms with Gasteiger partial charge in [0.05, 0.1) is 13.2 Å². The van der Waals surface area contributed by atoms with E-state index in [4.69, 9.17) is 4.74 Å². The van der Waals surface area contributed by atoms with Crippen LogP contribution in [0.3, 0.4) is 0 Å². The third kappa shape index (κ3) is 6.03. The molecule has 2 rings (SSSR count). The summed E-state index contributed by atoms with van der Waals surface area (Å²) < 4.78 is 5.38. The highest BCUT2D eigenvalue weighted by molar-refractivity contribution is 14.0. The number of ether oxygens (including phenoxy) is 1. The van der Waals surface area contributed by atoms with Gasteiger partial charge in [-0.25, -0.2) is 0 Å². The average molecular weight is 439 g/mol. The number of nitrogens with zero attached hydrogens (tertiary/aromatic N) is 1. The molecule has 1 atom stereocenters. The number of para-hydroxylation sites is 1. The highest BCUT2D eigenvalue weighted by Gasteiger charge is 2.07. The fourth-order valence-electron chi connectivity index (χ4n) is 2.45. The molecule has 0 aliphatic heterocycles. The number of aliphatic imine (C=N–C) groups is 1. The minimum Gasteiger partial charge on any atom is -0.496 e. The van der Waals surface area contributed by atoms with Crippen LogP contribution in [-0.4, -0.2) is 26.7 Å². The molecule has 5 heteroatoms. The van der Waals surface area contributed by atoms with E-state index in [0.29, 0.717) is 0 Å². The fourth-order valence-corrected chi connectivity index (χ4v) is 2.45. The zero-order chi connectivity index (χ0) is 16.5. The van der Waals surface area contributed by atoms with E-state index in [2.05, 4.69) is 40.7 Å². The summed E-state index contributed by atoms with van der Waals surface area (Å²) in [6.45, 7) is 2.92. The Morgan fingerprint density at radius 1 is 1.08 bits per heavy atom. The highest BCUT2D eigenvalue weighted by atomic mass is 127. The van der Waals surface area contributed by atoms with Crippen LogP contribution in [0.25, 0.3) is 0 Å². The molecule has 0 amide bonds. The molecular weight excluding hydrogens is 413 g/mol. The van der Waals surface area contributed by atoms with Gasteiger partial charge >= 0.3 is 0 Å². The van der Waals surface area contributed by atoms with E-state index in [1.54, 1.807) is 14.2 Å². The number of nitrogens with one attached hydrogen (secondary N) is 2. The lowest BCUT2D eigenvalue weighted by atomic mass is 10.1. The molecule has 0 saturated heterocycles. The van der Waals surface area contributed by atoms with Crippen molar-refractivity contribution in [3.05, 3.63) is 65.7 Å². The van der Waals surface area contributed by atoms with E-state index < -0.39 is 0 Å². The molecule has 0 aliphatic rings. The molecule has 0 spiro atoms. The van der Waals surface area contributed by atoms with Crippen LogP contribution in [0.5, 0.6) is 5.75 Å². The molecule has 24 heavy (non-hydrogen) atoms. The lowest BCUT2D eigenvalue weighted by Crippen LogP contribution is -2.39. The lowest BCUT2D eigenvalue weighted by Gasteiger charge is -2.18. The molecule has 0 heterocycles. The van der Waals surface area contributed by atoms with Gasteiger partial charge in [0, 0.05) is 13.6 Å². The Kier molecular flexibility index (Phi) is 9.22. The van der Waals surface area contributed by atoms with Gasteiger partial charge in [0.2, 0.25) is 0 Å². The van der Waals surface area contributed by atoms with Crippen molar-refractivity contribution in [3.63, 3.8) is 0 Å². The standard InChI is InChI=1S/C19H25N3O.HI/c1-15(16-9-5-4-6-10-16)22-19(20-2)21-14-13-17-11-7-8-12-18(17)23-3;/h4-12,15H,13-14H2,1-3H3,(H2,20,21,22);1H. The normalized spacial score (nSPS) is 12.0. The summed E-state index contributed by atoms with van der Waals surface area (Å²) >= 11 is 0. The van der Waals surface area contributed by atoms with Gasteiger partial charge < -0.3 is 15.4 Å². The SMILES string of the molecule is CN=C(NCCc1ccccc1OC)NC(C)c1ccccc1.I. The van der Waals surface area contributed by atoms with Gasteiger partial charge in [-0.15, -0.1) is 24.0 Å². The third-order valence-corrected chi connectivity index (χ3v) is 3.76. The highest BCUT2D eigenvalue weighted by Crippen LogP contribution is 2.17. The van der Waals surface area contributed by atoms with Crippen molar-refractivity contribution < 1.29 is 4.74 Å². The Hall–Kier alpha value is -1.76. The summed E-state index contributed by atoms with van der Waals surface area (Å²) in [7, 11) is 3.49. The molecule has 4 nitrogen and oxygen atoms in total. The number of halogens is 1. The van der Waals surface area contributed by atoms with Crippen LogP contribution in [0, 0.1) is 0 Å². The molecule has 2 N–H and O–H groups in total. The zero-order valence-electron chi connectivity index (χ0n) is 14.5. The topological polar surface area (TPSA) is 45.7 Å². The van der Waals surface area contributed by atoms with Crippen molar-refractivity contribution in [2.75, 3.05) is 20.7 Å². The maximum Gasteiger partial charge on any atom is 0.191 e. The summed E-state index contributed by atoms with van der Waals surface area (Å²) in [5.41, 5.74) is 2.43. The van der Waals surface area contributed by atoms with Crippen molar-refractivity contribution in [1.29, 1.82) is 0 Å². The van der Waals surface area contributed by atoms with Gasteiger partial charge in [-0.1, -0.05) is 48.5 Å². The molecule has 0 bridgehead atoms. The van der Waals surface area contributed by atoms with Crippen LogP contribution >= 0.6 is 24.0 Å². The minimum atomic E-state index is 0. The van der Waals surface area contributed by atoms with Gasteiger partial charge in [-0.05, 0) is 30.5 Å². The van der Waals surface area contributed by atoms with Crippen LogP contribution in [0.1, 0.15) is 24.1 Å². The Balaban J connectivity index is 0.00000288. The van der Waals surface area contributed by atoms with Crippen molar-refractivity contribution in [2.24, 2.45) is 4.99 Å². The summed E-state index contributed by atoms with van der Waals surface area (Å²) in [6.07, 6.45) is 0.879. The molecule has 0 radical (unpaired) electrons. The van der Waals surface area contributed by atoms with E-state index in [1.807, 2.05) is 36.4 Å². The molecule has 0 aliphatic carbocycles. The molecule has 0 fully saturated rings. The number of hydrogen-bond acceptors (Lipinski definition) is 2. The molecular formula is C19H26IN3O. The predicted molar refractivity (Wildman–Crippen MR) is 111 cm³/mol. The molecule has 0 aromatic heterocycles. The van der Waals surface area contributed by atoms with E-state index in [9.17, 15) is 0 Å². The molecule has 0 saturated carbocycles. The number of rotatable bonds is 6. The first-order valence-electron chi connectivity index (χ1n) is 7.88. The van der Waals surface area contributed by atoms with Crippen molar-refractivity contribution >= 4 is 29.9 Å². The second-order valence-corrected chi connectivity index (χ2v) is 5.34. The van der Waals surface area contributed by atoms with Crippen LogP contribution < -0.4 is 15.4 Å². The van der Waals surface area contributed by atoms with E-state index >= 15 is 0 Å². The Morgan fingerprint density at radius 3 is 2.42 bits per heavy atom. The van der Waals surface area contributed by atoms with E-state index in [-0.39, 0.29) is 30.0 Å². The van der Waals surface area contributed by atoms with Crippen molar-refractivity contribution in [2.45, 2.75) is 19.4 Å². The first-order valence-corrected chi connectivity index (χ1v) is 7.88. The Labute approximate surface area is 161 Å². The van der Waals surface area contributed by atoms with Gasteiger partial charge in [-0.3, -0.25) is 4.99 Å². The maximum atomic E-state index is 5.38. The number of methoxy groups -OCH3 is 1. The average Bonchev–Trinajstić information content (AvgIpc) is 2.61. The summed E-state index contributed by atoms with van der Waals surface area (Å²) in [6, 6.07) is 18.6. The maximum absolute atomic E-state index is 5.38. The van der Waals surface area contributed by atoms with Crippen LogP contribution in [0.2, 0.25) is 0 Å². The van der Waals surface area contributed by atoms with Crippen LogP contribution in [0.15, 0.2) is 59.6 Å². The molecule has 130 valence electrons. The largest absolute Gasteiger partial charge is 0.496 e. The summed E-state index contributed by atoms with van der Waals surface area (Å²) in [5, 5.41) is 6.76. The van der Waals surface area contributed by atoms with Crippen LogP contribution in [0.4, 0.5) is 0 Å². The minimum absolute atomic E-state index is 0. The Morgan fingerprint density at radius 2 is 1.75 bits per heavy atom. The third-order valence-electron chi connectivity index (χ3n) is 3.76. The summed E-state index contributed by atoms with van der Waals surface area (Å²) in [4.78, 5) is 4.29. The quantitative estimate of drug-likeness (QED) is 0.409. The fraction of sp³-hybridized carbons (Fsp3) is 0.316. The first kappa shape index (κ1) is 20.3. The van der Waals surface area contributed by atoms with E-state index in [1.165, 1.54) is 11.1 Å². The lowest BCUT2D eigenvalue weighted by molar-refractivity contribution is 0.409. The predicted octanol–water partition coefficient (Wildman–Crippen LogP) is 3.78. The summed E-state index contributed by atoms with van der Waals surface area (Å²) in [5.74, 6) is 1.73. The van der Waals surface area contributed by atoms with Crippen molar-refractivity contribution in [1.82, 2.24) is 10.6 Å². The van der Waals surface area contributed by atoms with Gasteiger partial charge in [0.1, 0.15) is 5.75 Å².